The summed E-state index contributed by atoms with van der Waals surface area (Å²) in [5, 5.41) is 11.1. The van der Waals surface area contributed by atoms with Crippen molar-refractivity contribution in [2.24, 2.45) is 0 Å². The van der Waals surface area contributed by atoms with Crippen LogP contribution in [0.15, 0.2) is 18.2 Å². The SMILES string of the molecule is [NH3+][C@@H](C(=O)[O-])c1ccc(Cl)c(Cl)c1. The number of rotatable bonds is 2. The maximum absolute atomic E-state index is 10.4. The van der Waals surface area contributed by atoms with Crippen molar-refractivity contribution in [2.45, 2.75) is 6.04 Å². The zero-order valence-corrected chi connectivity index (χ0v) is 8.10. The van der Waals surface area contributed by atoms with Gasteiger partial charge in [0.05, 0.1) is 10.0 Å². The second-order valence-corrected chi connectivity index (χ2v) is 3.36. The van der Waals surface area contributed by atoms with Crippen LogP contribution in [-0.4, -0.2) is 5.97 Å². The second-order valence-electron chi connectivity index (χ2n) is 2.55. The Morgan fingerprint density at radius 1 is 1.38 bits per heavy atom. The van der Waals surface area contributed by atoms with Crippen molar-refractivity contribution in [3.63, 3.8) is 0 Å². The molecular weight excluding hydrogens is 213 g/mol. The number of benzene rings is 1. The molecule has 1 atom stereocenters. The van der Waals surface area contributed by atoms with Gasteiger partial charge in [0.2, 0.25) is 0 Å². The van der Waals surface area contributed by atoms with Crippen molar-refractivity contribution in [3.05, 3.63) is 33.8 Å². The lowest BCUT2D eigenvalue weighted by atomic mass is 10.1. The molecule has 0 unspecified atom stereocenters. The average molecular weight is 220 g/mol. The highest BCUT2D eigenvalue weighted by Gasteiger charge is 2.11. The van der Waals surface area contributed by atoms with Crippen LogP contribution in [0.4, 0.5) is 0 Å². The van der Waals surface area contributed by atoms with Gasteiger partial charge in [-0.2, -0.15) is 0 Å². The lowest BCUT2D eigenvalue weighted by Gasteiger charge is -2.09. The first-order valence-corrected chi connectivity index (χ1v) is 4.27. The smallest absolute Gasteiger partial charge is 0.150 e. The van der Waals surface area contributed by atoms with E-state index in [9.17, 15) is 9.90 Å². The first-order chi connectivity index (χ1) is 6.02. The van der Waals surface area contributed by atoms with Crippen molar-refractivity contribution < 1.29 is 15.6 Å². The Balaban J connectivity index is 3.03. The van der Waals surface area contributed by atoms with Gasteiger partial charge < -0.3 is 15.6 Å². The van der Waals surface area contributed by atoms with Crippen LogP contribution in [0.2, 0.25) is 10.0 Å². The van der Waals surface area contributed by atoms with Crippen molar-refractivity contribution in [1.29, 1.82) is 0 Å². The van der Waals surface area contributed by atoms with Gasteiger partial charge in [0.15, 0.2) is 6.04 Å². The van der Waals surface area contributed by atoms with E-state index in [1.807, 2.05) is 0 Å². The Kier molecular flexibility index (Phi) is 3.14. The monoisotopic (exact) mass is 219 g/mol. The summed E-state index contributed by atoms with van der Waals surface area (Å²) in [7, 11) is 0. The van der Waals surface area contributed by atoms with E-state index in [0.29, 0.717) is 15.6 Å². The van der Waals surface area contributed by atoms with Crippen LogP contribution in [0.5, 0.6) is 0 Å². The minimum Gasteiger partial charge on any atom is -0.544 e. The van der Waals surface area contributed by atoms with E-state index in [-0.39, 0.29) is 0 Å². The molecule has 3 N–H and O–H groups in total. The minimum atomic E-state index is -1.24. The predicted molar refractivity (Wildman–Crippen MR) is 47.1 cm³/mol. The van der Waals surface area contributed by atoms with E-state index in [4.69, 9.17) is 23.2 Å². The Hall–Kier alpha value is -0.770. The van der Waals surface area contributed by atoms with Crippen LogP contribution in [0.25, 0.3) is 0 Å². The quantitative estimate of drug-likeness (QED) is 0.763. The molecule has 1 aromatic carbocycles. The van der Waals surface area contributed by atoms with Crippen molar-refractivity contribution in [3.8, 4) is 0 Å². The summed E-state index contributed by atoms with van der Waals surface area (Å²) in [4.78, 5) is 10.4. The highest BCUT2D eigenvalue weighted by Crippen LogP contribution is 2.24. The third-order valence-corrected chi connectivity index (χ3v) is 2.37. The van der Waals surface area contributed by atoms with Gasteiger partial charge in [-0.05, 0) is 12.1 Å². The molecule has 0 saturated heterocycles. The molecular formula is C8H7Cl2NO2. The number of aliphatic carboxylic acids is 1. The molecule has 0 heterocycles. The van der Waals surface area contributed by atoms with Crippen LogP contribution >= 0.6 is 23.2 Å². The normalized spacial score (nSPS) is 12.5. The van der Waals surface area contributed by atoms with Crippen molar-refractivity contribution in [1.82, 2.24) is 0 Å². The number of halogens is 2. The molecule has 1 rings (SSSR count). The molecule has 5 heteroatoms. The van der Waals surface area contributed by atoms with Crippen LogP contribution in [0.3, 0.4) is 0 Å². The highest BCUT2D eigenvalue weighted by atomic mass is 35.5. The minimum absolute atomic E-state index is 0.314. The summed E-state index contributed by atoms with van der Waals surface area (Å²) in [6.07, 6.45) is 0. The molecule has 0 aromatic heterocycles. The number of carbonyl (C=O) groups excluding carboxylic acids is 1. The molecule has 0 aliphatic carbocycles. The summed E-state index contributed by atoms with van der Waals surface area (Å²) in [5.74, 6) is -1.24. The lowest BCUT2D eigenvalue weighted by Crippen LogP contribution is -2.61. The fraction of sp³-hybridized carbons (Fsp3) is 0.125. The summed E-state index contributed by atoms with van der Waals surface area (Å²) >= 11 is 11.3. The van der Waals surface area contributed by atoms with Crippen LogP contribution in [0, 0.1) is 0 Å². The van der Waals surface area contributed by atoms with Crippen LogP contribution in [-0.2, 0) is 4.79 Å². The molecule has 0 radical (unpaired) electrons. The molecule has 13 heavy (non-hydrogen) atoms. The molecule has 0 bridgehead atoms. The molecule has 0 aliphatic heterocycles. The van der Waals surface area contributed by atoms with E-state index in [1.54, 1.807) is 6.07 Å². The Morgan fingerprint density at radius 2 is 2.00 bits per heavy atom. The number of quaternary nitrogens is 1. The van der Waals surface area contributed by atoms with Gasteiger partial charge in [-0.25, -0.2) is 0 Å². The van der Waals surface area contributed by atoms with E-state index < -0.39 is 12.0 Å². The van der Waals surface area contributed by atoms with Crippen molar-refractivity contribution in [2.75, 3.05) is 0 Å². The summed E-state index contributed by atoms with van der Waals surface area (Å²) in [6, 6.07) is 3.63. The van der Waals surface area contributed by atoms with Gasteiger partial charge in [0.25, 0.3) is 0 Å². The molecule has 70 valence electrons. The van der Waals surface area contributed by atoms with Gasteiger partial charge in [-0.1, -0.05) is 29.3 Å². The van der Waals surface area contributed by atoms with Gasteiger partial charge in [-0.3, -0.25) is 0 Å². The fourth-order valence-electron chi connectivity index (χ4n) is 0.865. The topological polar surface area (TPSA) is 67.8 Å². The summed E-state index contributed by atoms with van der Waals surface area (Å²) in [5.41, 5.74) is 3.90. The van der Waals surface area contributed by atoms with Gasteiger partial charge in [0.1, 0.15) is 5.97 Å². The standard InChI is InChI=1S/C8H7Cl2NO2/c9-5-2-1-4(3-6(5)10)7(11)8(12)13/h1-3,7H,11H2,(H,12,13)/t7-/m1/s1. The number of carbonyl (C=O) groups is 1. The third-order valence-electron chi connectivity index (χ3n) is 1.63. The molecule has 3 nitrogen and oxygen atoms in total. The largest absolute Gasteiger partial charge is 0.544 e. The highest BCUT2D eigenvalue weighted by molar-refractivity contribution is 6.42. The number of hydrogen-bond donors (Lipinski definition) is 1. The first-order valence-electron chi connectivity index (χ1n) is 3.51. The summed E-state index contributed by atoms with van der Waals surface area (Å²) < 4.78 is 0. The van der Waals surface area contributed by atoms with Gasteiger partial charge >= 0.3 is 0 Å². The van der Waals surface area contributed by atoms with Crippen LogP contribution < -0.4 is 10.8 Å². The maximum atomic E-state index is 10.4. The Bertz CT molecular complexity index is 341. The Labute approximate surface area is 85.1 Å². The maximum Gasteiger partial charge on any atom is 0.150 e. The molecule has 0 saturated carbocycles. The van der Waals surface area contributed by atoms with Crippen LogP contribution in [0.1, 0.15) is 11.6 Å². The molecule has 0 spiro atoms. The van der Waals surface area contributed by atoms with E-state index in [2.05, 4.69) is 5.73 Å². The first kappa shape index (κ1) is 10.3. The predicted octanol–water partition coefficient (Wildman–Crippen LogP) is 0.0263. The summed E-state index contributed by atoms with van der Waals surface area (Å²) in [6.45, 7) is 0. The fourth-order valence-corrected chi connectivity index (χ4v) is 1.17. The van der Waals surface area contributed by atoms with Crippen molar-refractivity contribution >= 4 is 29.2 Å². The van der Waals surface area contributed by atoms with E-state index in [0.717, 1.165) is 0 Å². The third kappa shape index (κ3) is 2.34. The molecule has 0 fully saturated rings. The number of carboxylic acids is 1. The zero-order chi connectivity index (χ0) is 10.0. The zero-order valence-electron chi connectivity index (χ0n) is 6.59. The molecule has 0 aliphatic rings. The van der Waals surface area contributed by atoms with E-state index >= 15 is 0 Å². The van der Waals surface area contributed by atoms with Gasteiger partial charge in [-0.15, -0.1) is 0 Å². The van der Waals surface area contributed by atoms with Gasteiger partial charge in [0, 0.05) is 5.56 Å². The molecule has 0 amide bonds. The Morgan fingerprint density at radius 3 is 2.46 bits per heavy atom. The number of hydrogen-bond acceptors (Lipinski definition) is 2. The average Bonchev–Trinajstić information content (AvgIpc) is 2.08. The van der Waals surface area contributed by atoms with E-state index in [1.165, 1.54) is 12.1 Å². The lowest BCUT2D eigenvalue weighted by molar-refractivity contribution is -0.443. The second kappa shape index (κ2) is 3.96. The molecule has 1 aromatic rings. The number of carboxylic acid groups (broad SMARTS) is 1.